The quantitative estimate of drug-likeness (QED) is 0.504. The first kappa shape index (κ1) is 20.2. The third-order valence-corrected chi connectivity index (χ3v) is 5.83. The van der Waals surface area contributed by atoms with Gasteiger partial charge in [0.1, 0.15) is 11.2 Å². The van der Waals surface area contributed by atoms with Gasteiger partial charge in [0, 0.05) is 44.1 Å². The van der Waals surface area contributed by atoms with Gasteiger partial charge in [0.25, 0.3) is 5.56 Å². The third kappa shape index (κ3) is 3.19. The van der Waals surface area contributed by atoms with E-state index in [1.165, 1.54) is 11.7 Å². The first-order chi connectivity index (χ1) is 14.3. The predicted molar refractivity (Wildman–Crippen MR) is 111 cm³/mol. The molecular formula is C20H25FN6O3. The van der Waals surface area contributed by atoms with Crippen LogP contribution >= 0.6 is 0 Å². The van der Waals surface area contributed by atoms with E-state index in [1.807, 2.05) is 4.90 Å². The Kier molecular flexibility index (Phi) is 4.94. The smallest absolute Gasteiger partial charge is 0.350 e. The fourth-order valence-electron chi connectivity index (χ4n) is 4.28. The molecule has 0 radical (unpaired) electrons. The highest BCUT2D eigenvalue weighted by Gasteiger charge is 2.42. The molecule has 0 atom stereocenters. The van der Waals surface area contributed by atoms with Crippen LogP contribution in [0.1, 0.15) is 32.2 Å². The van der Waals surface area contributed by atoms with Gasteiger partial charge in [-0.3, -0.25) is 9.36 Å². The van der Waals surface area contributed by atoms with Crippen molar-refractivity contribution in [3.8, 4) is 11.8 Å². The molecule has 1 aliphatic carbocycles. The third-order valence-electron chi connectivity index (χ3n) is 5.83. The van der Waals surface area contributed by atoms with Crippen molar-refractivity contribution in [3.63, 3.8) is 0 Å². The van der Waals surface area contributed by atoms with E-state index < -0.39 is 17.1 Å². The van der Waals surface area contributed by atoms with Crippen molar-refractivity contribution in [2.75, 3.05) is 44.0 Å². The minimum Gasteiger partial charge on any atom is -0.492 e. The number of nitrogens with two attached hydrogens (primary N) is 1. The maximum Gasteiger partial charge on any atom is 0.350 e. The van der Waals surface area contributed by atoms with E-state index in [-0.39, 0.29) is 28.3 Å². The number of nitrogens with zero attached hydrogens (tertiary/aromatic N) is 4. The monoisotopic (exact) mass is 416 g/mol. The SMILES string of the molecule is COc1c(N2CC(C)(CNCCC#N)C2)c(F)cc2c(=O)n(N)c(=O)n(C3CC3)c12. The van der Waals surface area contributed by atoms with E-state index >= 15 is 4.39 Å². The molecule has 9 nitrogen and oxygen atoms in total. The van der Waals surface area contributed by atoms with Crippen molar-refractivity contribution in [3.05, 3.63) is 32.7 Å². The molecule has 0 spiro atoms. The number of nitrogens with one attached hydrogen (secondary N) is 1. The Balaban J connectivity index is 1.76. The number of fused-ring (bicyclic) bond motifs is 1. The number of rotatable bonds is 7. The number of nitriles is 1. The molecule has 0 unspecified atom stereocenters. The summed E-state index contributed by atoms with van der Waals surface area (Å²) in [4.78, 5) is 27.1. The molecule has 2 fully saturated rings. The maximum absolute atomic E-state index is 15.2. The predicted octanol–water partition coefficient (Wildman–Crippen LogP) is 0.689. The second-order valence-corrected chi connectivity index (χ2v) is 8.45. The maximum atomic E-state index is 15.2. The van der Waals surface area contributed by atoms with Gasteiger partial charge in [0.15, 0.2) is 11.6 Å². The second kappa shape index (κ2) is 7.32. The summed E-state index contributed by atoms with van der Waals surface area (Å²) < 4.78 is 22.7. The van der Waals surface area contributed by atoms with Crippen LogP contribution in [0.3, 0.4) is 0 Å². The zero-order valence-electron chi connectivity index (χ0n) is 17.1. The number of hydrogen-bond donors (Lipinski definition) is 2. The summed E-state index contributed by atoms with van der Waals surface area (Å²) in [6, 6.07) is 3.17. The molecule has 2 aromatic rings. The minimum absolute atomic E-state index is 0.0311. The zero-order valence-corrected chi connectivity index (χ0v) is 17.1. The van der Waals surface area contributed by atoms with Gasteiger partial charge in [-0.05, 0) is 18.9 Å². The van der Waals surface area contributed by atoms with Gasteiger partial charge in [-0.1, -0.05) is 6.92 Å². The van der Waals surface area contributed by atoms with Gasteiger partial charge >= 0.3 is 5.69 Å². The van der Waals surface area contributed by atoms with Crippen LogP contribution < -0.4 is 32.0 Å². The lowest BCUT2D eigenvalue weighted by Crippen LogP contribution is -2.59. The van der Waals surface area contributed by atoms with Gasteiger partial charge in [-0.2, -0.15) is 9.94 Å². The number of methoxy groups -OCH3 is 1. The number of aromatic nitrogens is 2. The Morgan fingerprint density at radius 2 is 2.10 bits per heavy atom. The van der Waals surface area contributed by atoms with E-state index in [9.17, 15) is 9.59 Å². The fourth-order valence-corrected chi connectivity index (χ4v) is 4.28. The average molecular weight is 416 g/mol. The summed E-state index contributed by atoms with van der Waals surface area (Å²) in [6.45, 7) is 4.55. The molecule has 2 heterocycles. The lowest BCUT2D eigenvalue weighted by atomic mass is 9.81. The van der Waals surface area contributed by atoms with Crippen molar-refractivity contribution in [1.82, 2.24) is 14.6 Å². The van der Waals surface area contributed by atoms with E-state index in [0.29, 0.717) is 42.8 Å². The summed E-state index contributed by atoms with van der Waals surface area (Å²) in [5, 5.41) is 11.9. The normalized spacial score (nSPS) is 17.6. The number of ether oxygens (including phenoxy) is 1. The zero-order chi connectivity index (χ0) is 21.6. The number of halogens is 1. The highest BCUT2D eigenvalue weighted by molar-refractivity contribution is 5.91. The highest BCUT2D eigenvalue weighted by atomic mass is 19.1. The summed E-state index contributed by atoms with van der Waals surface area (Å²) in [5.74, 6) is 5.26. The Morgan fingerprint density at radius 1 is 1.40 bits per heavy atom. The molecule has 4 rings (SSSR count). The molecule has 2 aliphatic rings. The molecule has 3 N–H and O–H groups in total. The number of hydrogen-bond acceptors (Lipinski definition) is 7. The van der Waals surface area contributed by atoms with E-state index in [4.69, 9.17) is 15.8 Å². The molecular weight excluding hydrogens is 391 g/mol. The highest BCUT2D eigenvalue weighted by Crippen LogP contribution is 2.45. The van der Waals surface area contributed by atoms with Crippen LogP contribution in [0.4, 0.5) is 10.1 Å². The summed E-state index contributed by atoms with van der Waals surface area (Å²) >= 11 is 0. The van der Waals surface area contributed by atoms with E-state index in [1.54, 1.807) is 0 Å². The van der Waals surface area contributed by atoms with Gasteiger partial charge in [-0.15, -0.1) is 0 Å². The molecule has 1 aliphatic heterocycles. The number of benzene rings is 1. The number of nitrogen functional groups attached to an aromatic ring is 1. The van der Waals surface area contributed by atoms with Crippen molar-refractivity contribution in [2.45, 2.75) is 32.2 Å². The summed E-state index contributed by atoms with van der Waals surface area (Å²) in [7, 11) is 1.41. The average Bonchev–Trinajstić information content (AvgIpc) is 3.53. The first-order valence-electron chi connectivity index (χ1n) is 9.97. The molecule has 10 heteroatoms. The van der Waals surface area contributed by atoms with Crippen LogP contribution in [0.25, 0.3) is 10.9 Å². The molecule has 1 saturated heterocycles. The van der Waals surface area contributed by atoms with Gasteiger partial charge in [0.2, 0.25) is 0 Å². The Morgan fingerprint density at radius 3 is 2.70 bits per heavy atom. The van der Waals surface area contributed by atoms with E-state index in [0.717, 1.165) is 18.9 Å². The Hall–Kier alpha value is -3.06. The molecule has 1 saturated carbocycles. The standard InChI is InChI=1S/C20H25FN6O3/c1-20(9-24-7-3-6-22)10-25(11-20)16-14(21)8-13-15(17(16)30-2)26(12-4-5-12)19(29)27(23)18(13)28/h8,12,24H,3-5,7,9-11,23H2,1-2H3. The minimum atomic E-state index is -0.745. The number of anilines is 1. The van der Waals surface area contributed by atoms with Crippen LogP contribution in [0.5, 0.6) is 5.75 Å². The van der Waals surface area contributed by atoms with E-state index in [2.05, 4.69) is 18.3 Å². The van der Waals surface area contributed by atoms with Gasteiger partial charge in [0.05, 0.1) is 18.6 Å². The molecule has 0 amide bonds. The summed E-state index contributed by atoms with van der Waals surface area (Å²) in [5.41, 5.74) is -0.901. The largest absolute Gasteiger partial charge is 0.492 e. The van der Waals surface area contributed by atoms with Crippen molar-refractivity contribution in [1.29, 1.82) is 5.26 Å². The van der Waals surface area contributed by atoms with Crippen LogP contribution in [0.2, 0.25) is 0 Å². The lowest BCUT2D eigenvalue weighted by molar-refractivity contribution is 0.230. The Labute approximate surface area is 172 Å². The fraction of sp³-hybridized carbons (Fsp3) is 0.550. The molecule has 1 aromatic carbocycles. The van der Waals surface area contributed by atoms with Crippen LogP contribution in [0, 0.1) is 22.6 Å². The molecule has 0 bridgehead atoms. The molecule has 30 heavy (non-hydrogen) atoms. The van der Waals surface area contributed by atoms with Crippen LogP contribution in [0.15, 0.2) is 15.7 Å². The van der Waals surface area contributed by atoms with Crippen molar-refractivity contribution >= 4 is 16.6 Å². The molecule has 160 valence electrons. The van der Waals surface area contributed by atoms with Gasteiger partial charge < -0.3 is 20.8 Å². The van der Waals surface area contributed by atoms with Gasteiger partial charge in [-0.25, -0.2) is 9.18 Å². The Bertz CT molecular complexity index is 1150. The van der Waals surface area contributed by atoms with Crippen molar-refractivity contribution < 1.29 is 9.13 Å². The molecule has 1 aromatic heterocycles. The van der Waals surface area contributed by atoms with Crippen LogP contribution in [-0.4, -0.2) is 42.5 Å². The van der Waals surface area contributed by atoms with Crippen molar-refractivity contribution in [2.24, 2.45) is 5.41 Å². The lowest BCUT2D eigenvalue weighted by Gasteiger charge is -2.50. The summed E-state index contributed by atoms with van der Waals surface area (Å²) in [6.07, 6.45) is 2.02. The topological polar surface area (TPSA) is 118 Å². The van der Waals surface area contributed by atoms with Crippen LogP contribution in [-0.2, 0) is 0 Å². The first-order valence-corrected chi connectivity index (χ1v) is 9.97. The second-order valence-electron chi connectivity index (χ2n) is 8.45.